The smallest absolute Gasteiger partial charge is 0.207 e. The number of nitrogens with zero attached hydrogens (tertiary/aromatic N) is 2. The van der Waals surface area contributed by atoms with Crippen molar-refractivity contribution < 1.29 is 4.74 Å². The van der Waals surface area contributed by atoms with Crippen LogP contribution in [0.1, 0.15) is 45.0 Å². The monoisotopic (exact) mass is 286 g/mol. The molecule has 1 aromatic heterocycles. The first-order valence-corrected chi connectivity index (χ1v) is 7.72. The molecule has 0 spiro atoms. The van der Waals surface area contributed by atoms with Gasteiger partial charge >= 0.3 is 0 Å². The van der Waals surface area contributed by atoms with Gasteiger partial charge in [-0.1, -0.05) is 32.1 Å². The van der Waals surface area contributed by atoms with Gasteiger partial charge in [-0.2, -0.15) is 0 Å². The lowest BCUT2D eigenvalue weighted by molar-refractivity contribution is -0.0552. The van der Waals surface area contributed by atoms with E-state index in [1.165, 1.54) is 30.6 Å². The second-order valence-corrected chi connectivity index (χ2v) is 8.00. The third-order valence-electron chi connectivity index (χ3n) is 5.56. The molecule has 1 aromatic rings. The molecule has 0 amide bonds. The highest BCUT2D eigenvalue weighted by molar-refractivity contribution is 7.15. The molecular weight excluding hydrogens is 268 g/mol. The molecule has 100 valence electrons. The van der Waals surface area contributed by atoms with Gasteiger partial charge in [0.2, 0.25) is 4.47 Å². The van der Waals surface area contributed by atoms with Crippen LogP contribution in [0.5, 0.6) is 0 Å². The van der Waals surface area contributed by atoms with Crippen molar-refractivity contribution in [2.75, 3.05) is 0 Å². The van der Waals surface area contributed by atoms with Crippen LogP contribution in [0.15, 0.2) is 0 Å². The number of ether oxygens (including phenoxy) is 1. The molecule has 3 unspecified atom stereocenters. The van der Waals surface area contributed by atoms with Crippen LogP contribution in [-0.4, -0.2) is 16.3 Å². The zero-order valence-electron chi connectivity index (χ0n) is 11.1. The summed E-state index contributed by atoms with van der Waals surface area (Å²) in [5.74, 6) is 0.811. The van der Waals surface area contributed by atoms with Crippen LogP contribution in [0.2, 0.25) is 4.47 Å². The van der Waals surface area contributed by atoms with Gasteiger partial charge < -0.3 is 4.74 Å². The maximum atomic E-state index is 6.12. The Morgan fingerprint density at radius 2 is 2.17 bits per heavy atom. The van der Waals surface area contributed by atoms with Gasteiger partial charge in [-0.3, -0.25) is 0 Å². The predicted octanol–water partition coefficient (Wildman–Crippen LogP) is 3.92. The first-order valence-electron chi connectivity index (χ1n) is 6.53. The molecule has 2 fully saturated rings. The standard InChI is InChI=1S/C13H19ClN2OS/c1-12(2)8-4-5-13(12,3)9(6-8)17-7-10-15-16-11(14)18-10/h8-9H,4-7H2,1-3H3. The van der Waals surface area contributed by atoms with Gasteiger partial charge in [-0.05, 0) is 47.6 Å². The summed E-state index contributed by atoms with van der Waals surface area (Å²) < 4.78 is 6.62. The van der Waals surface area contributed by atoms with Gasteiger partial charge in [0, 0.05) is 0 Å². The summed E-state index contributed by atoms with van der Waals surface area (Å²) in [6, 6.07) is 0. The Bertz CT molecular complexity index is 462. The number of hydrogen-bond acceptors (Lipinski definition) is 4. The van der Waals surface area contributed by atoms with Crippen LogP contribution in [0, 0.1) is 16.7 Å². The molecule has 0 N–H and O–H groups in total. The molecular formula is C13H19ClN2OS. The first-order chi connectivity index (χ1) is 8.43. The molecule has 0 saturated heterocycles. The third-order valence-corrected chi connectivity index (χ3v) is 6.56. The molecule has 0 radical (unpaired) electrons. The minimum Gasteiger partial charge on any atom is -0.370 e. The van der Waals surface area contributed by atoms with Crippen molar-refractivity contribution in [3.63, 3.8) is 0 Å². The van der Waals surface area contributed by atoms with E-state index in [1.54, 1.807) is 0 Å². The van der Waals surface area contributed by atoms with Crippen LogP contribution < -0.4 is 0 Å². The molecule has 2 saturated carbocycles. The van der Waals surface area contributed by atoms with Gasteiger partial charge in [0.25, 0.3) is 0 Å². The van der Waals surface area contributed by atoms with Crippen molar-refractivity contribution in [1.82, 2.24) is 10.2 Å². The zero-order chi connectivity index (χ0) is 13.0. The maximum absolute atomic E-state index is 6.12. The minimum atomic E-state index is 0.312. The average molecular weight is 287 g/mol. The highest BCUT2D eigenvalue weighted by Crippen LogP contribution is 2.66. The van der Waals surface area contributed by atoms with Crippen molar-refractivity contribution in [2.45, 2.75) is 52.7 Å². The second kappa shape index (κ2) is 4.15. The van der Waals surface area contributed by atoms with Gasteiger partial charge in [0.05, 0.1) is 6.10 Å². The molecule has 18 heavy (non-hydrogen) atoms. The van der Waals surface area contributed by atoms with E-state index in [0.717, 1.165) is 10.9 Å². The Kier molecular flexibility index (Phi) is 2.96. The zero-order valence-corrected chi connectivity index (χ0v) is 12.6. The summed E-state index contributed by atoms with van der Waals surface area (Å²) in [5.41, 5.74) is 0.711. The maximum Gasteiger partial charge on any atom is 0.207 e. The predicted molar refractivity (Wildman–Crippen MR) is 72.7 cm³/mol. The molecule has 0 aliphatic heterocycles. The van der Waals surface area contributed by atoms with Crippen LogP contribution in [0.25, 0.3) is 0 Å². The van der Waals surface area contributed by atoms with Gasteiger partial charge in [0.1, 0.15) is 11.6 Å². The molecule has 2 aliphatic rings. The van der Waals surface area contributed by atoms with E-state index in [1.807, 2.05) is 0 Å². The van der Waals surface area contributed by atoms with E-state index in [4.69, 9.17) is 16.3 Å². The molecule has 3 rings (SSSR count). The number of hydrogen-bond donors (Lipinski definition) is 0. The highest BCUT2D eigenvalue weighted by Gasteiger charge is 2.61. The third kappa shape index (κ3) is 1.73. The van der Waals surface area contributed by atoms with Crippen molar-refractivity contribution in [3.8, 4) is 0 Å². The quantitative estimate of drug-likeness (QED) is 0.845. The van der Waals surface area contributed by atoms with E-state index >= 15 is 0 Å². The van der Waals surface area contributed by atoms with E-state index in [9.17, 15) is 0 Å². The van der Waals surface area contributed by atoms with Crippen molar-refractivity contribution in [1.29, 1.82) is 0 Å². The van der Waals surface area contributed by atoms with E-state index < -0.39 is 0 Å². The highest BCUT2D eigenvalue weighted by atomic mass is 35.5. The molecule has 2 bridgehead atoms. The lowest BCUT2D eigenvalue weighted by Crippen LogP contribution is -2.37. The molecule has 5 heteroatoms. The summed E-state index contributed by atoms with van der Waals surface area (Å²) >= 11 is 7.19. The average Bonchev–Trinajstić information content (AvgIpc) is 2.87. The van der Waals surface area contributed by atoms with Crippen LogP contribution >= 0.6 is 22.9 Å². The molecule has 0 aromatic carbocycles. The number of aromatic nitrogens is 2. The van der Waals surface area contributed by atoms with Crippen LogP contribution in [0.4, 0.5) is 0 Å². The fraction of sp³-hybridized carbons (Fsp3) is 0.846. The van der Waals surface area contributed by atoms with Crippen LogP contribution in [-0.2, 0) is 11.3 Å². The van der Waals surface area contributed by atoms with Crippen molar-refractivity contribution >= 4 is 22.9 Å². The molecule has 1 heterocycles. The Balaban J connectivity index is 1.69. The second-order valence-electron chi connectivity index (χ2n) is 6.36. The lowest BCUT2D eigenvalue weighted by Gasteiger charge is -2.38. The van der Waals surface area contributed by atoms with E-state index in [-0.39, 0.29) is 0 Å². The van der Waals surface area contributed by atoms with Crippen molar-refractivity contribution in [3.05, 3.63) is 9.47 Å². The number of halogens is 1. The van der Waals surface area contributed by atoms with Gasteiger partial charge in [-0.15, -0.1) is 10.2 Å². The summed E-state index contributed by atoms with van der Waals surface area (Å²) in [6.45, 7) is 7.73. The fourth-order valence-corrected chi connectivity index (χ4v) is 4.64. The fourth-order valence-electron chi connectivity index (χ4n) is 3.85. The number of rotatable bonds is 3. The largest absolute Gasteiger partial charge is 0.370 e. The molecule has 3 atom stereocenters. The summed E-state index contributed by atoms with van der Waals surface area (Å²) in [7, 11) is 0. The van der Waals surface area contributed by atoms with E-state index in [2.05, 4.69) is 31.0 Å². The summed E-state index contributed by atoms with van der Waals surface area (Å²) in [5, 5.41) is 8.70. The molecule has 2 aliphatic carbocycles. The lowest BCUT2D eigenvalue weighted by atomic mass is 9.70. The molecule has 3 nitrogen and oxygen atoms in total. The Hall–Kier alpha value is -0.190. The summed E-state index contributed by atoms with van der Waals surface area (Å²) in [4.78, 5) is 0. The van der Waals surface area contributed by atoms with Gasteiger partial charge in [0.15, 0.2) is 0 Å². The normalized spacial score (nSPS) is 37.3. The van der Waals surface area contributed by atoms with Gasteiger partial charge in [-0.25, -0.2) is 0 Å². The van der Waals surface area contributed by atoms with Crippen LogP contribution in [0.3, 0.4) is 0 Å². The Morgan fingerprint density at radius 1 is 1.39 bits per heavy atom. The van der Waals surface area contributed by atoms with E-state index in [0.29, 0.717) is 28.0 Å². The Labute approximate surface area is 117 Å². The van der Waals surface area contributed by atoms with Crippen molar-refractivity contribution in [2.24, 2.45) is 16.7 Å². The minimum absolute atomic E-state index is 0.312. The number of fused-ring (bicyclic) bond motifs is 2. The Morgan fingerprint density at radius 3 is 2.67 bits per heavy atom. The summed E-state index contributed by atoms with van der Waals surface area (Å²) in [6.07, 6.45) is 4.19. The first kappa shape index (κ1) is 12.8. The topological polar surface area (TPSA) is 35.0 Å². The SMILES string of the molecule is CC1(C)C2CCC1(C)C(OCc1nnc(Cl)s1)C2.